The zero-order valence-corrected chi connectivity index (χ0v) is 14.1. The third kappa shape index (κ3) is 4.43. The number of thiazole rings is 1. The van der Waals surface area contributed by atoms with Crippen LogP contribution in [0, 0.1) is 6.92 Å². The highest BCUT2D eigenvalue weighted by atomic mass is 32.1. The van der Waals surface area contributed by atoms with Gasteiger partial charge < -0.3 is 15.0 Å². The summed E-state index contributed by atoms with van der Waals surface area (Å²) in [5.74, 6) is 0. The Kier molecular flexibility index (Phi) is 5.04. The molecular formula is C15H27N3OS. The van der Waals surface area contributed by atoms with Crippen LogP contribution in [0.25, 0.3) is 0 Å². The van der Waals surface area contributed by atoms with E-state index >= 15 is 0 Å². The van der Waals surface area contributed by atoms with E-state index in [1.165, 1.54) is 17.7 Å². The minimum absolute atomic E-state index is 0.139. The summed E-state index contributed by atoms with van der Waals surface area (Å²) in [6, 6.07) is 0. The topological polar surface area (TPSA) is 37.4 Å². The molecule has 20 heavy (non-hydrogen) atoms. The lowest BCUT2D eigenvalue weighted by molar-refractivity contribution is 0.116. The highest BCUT2D eigenvalue weighted by Crippen LogP contribution is 2.26. The van der Waals surface area contributed by atoms with E-state index < -0.39 is 0 Å². The lowest BCUT2D eigenvalue weighted by Gasteiger charge is -2.20. The molecule has 1 aromatic heterocycles. The van der Waals surface area contributed by atoms with Gasteiger partial charge in [-0.25, -0.2) is 4.98 Å². The second-order valence-corrected chi connectivity index (χ2v) is 7.69. The average molecular weight is 297 g/mol. The summed E-state index contributed by atoms with van der Waals surface area (Å²) in [4.78, 5) is 8.26. The summed E-state index contributed by atoms with van der Waals surface area (Å²) in [6.45, 7) is 11.4. The Morgan fingerprint density at radius 3 is 2.80 bits per heavy atom. The quantitative estimate of drug-likeness (QED) is 0.906. The predicted molar refractivity (Wildman–Crippen MR) is 85.7 cm³/mol. The number of hydrogen-bond donors (Lipinski definition) is 1. The van der Waals surface area contributed by atoms with Gasteiger partial charge in [-0.15, -0.1) is 11.3 Å². The number of aryl methyl sites for hydroxylation is 1. The monoisotopic (exact) mass is 297 g/mol. The van der Waals surface area contributed by atoms with Crippen LogP contribution in [0.5, 0.6) is 0 Å². The number of ether oxygens (including phenoxy) is 1. The first-order valence-electron chi connectivity index (χ1n) is 7.39. The molecule has 5 heteroatoms. The maximum atomic E-state index is 5.70. The number of aromatic nitrogens is 1. The highest BCUT2D eigenvalue weighted by Gasteiger charge is 2.20. The molecule has 0 amide bonds. The van der Waals surface area contributed by atoms with E-state index in [1.807, 2.05) is 0 Å². The summed E-state index contributed by atoms with van der Waals surface area (Å²) >= 11 is 1.79. The van der Waals surface area contributed by atoms with E-state index in [0.717, 1.165) is 30.5 Å². The van der Waals surface area contributed by atoms with Crippen LogP contribution in [0.2, 0.25) is 0 Å². The smallest absolute Gasteiger partial charge is 0.185 e. The van der Waals surface area contributed by atoms with Gasteiger partial charge in [-0.3, -0.25) is 0 Å². The molecular weight excluding hydrogens is 270 g/mol. The first-order valence-corrected chi connectivity index (χ1v) is 8.21. The average Bonchev–Trinajstić information content (AvgIpc) is 2.95. The van der Waals surface area contributed by atoms with Crippen molar-refractivity contribution in [1.29, 1.82) is 0 Å². The van der Waals surface area contributed by atoms with E-state index in [9.17, 15) is 0 Å². The first kappa shape index (κ1) is 15.7. The molecule has 0 radical (unpaired) electrons. The van der Waals surface area contributed by atoms with Crippen molar-refractivity contribution >= 4 is 16.5 Å². The van der Waals surface area contributed by atoms with Gasteiger partial charge in [0.05, 0.1) is 11.8 Å². The summed E-state index contributed by atoms with van der Waals surface area (Å²) < 4.78 is 5.70. The van der Waals surface area contributed by atoms with Crippen LogP contribution in [-0.4, -0.2) is 36.8 Å². The van der Waals surface area contributed by atoms with Gasteiger partial charge in [-0.1, -0.05) is 0 Å². The van der Waals surface area contributed by atoms with Crippen molar-refractivity contribution in [3.8, 4) is 0 Å². The molecule has 0 aromatic carbocycles. The van der Waals surface area contributed by atoms with E-state index in [1.54, 1.807) is 11.3 Å². The molecule has 0 aliphatic carbocycles. The molecule has 1 aromatic rings. The lowest BCUT2D eigenvalue weighted by Crippen LogP contribution is -2.34. The molecule has 0 saturated carbocycles. The number of hydrogen-bond acceptors (Lipinski definition) is 5. The van der Waals surface area contributed by atoms with Gasteiger partial charge >= 0.3 is 0 Å². The standard InChI is InChI=1S/C15H27N3OS/c1-11-13(9-16-15(2,3)4)20-14(17-11)18(5)10-12-7-6-8-19-12/h12,16H,6-10H2,1-5H3. The maximum Gasteiger partial charge on any atom is 0.185 e. The number of anilines is 1. The third-order valence-corrected chi connectivity index (χ3v) is 4.76. The molecule has 1 N–H and O–H groups in total. The fraction of sp³-hybridized carbons (Fsp3) is 0.800. The van der Waals surface area contributed by atoms with Crippen LogP contribution >= 0.6 is 11.3 Å². The zero-order valence-electron chi connectivity index (χ0n) is 13.3. The predicted octanol–water partition coefficient (Wildman–Crippen LogP) is 2.95. The number of nitrogens with one attached hydrogen (secondary N) is 1. The van der Waals surface area contributed by atoms with E-state index in [4.69, 9.17) is 9.72 Å². The molecule has 0 bridgehead atoms. The molecule has 1 unspecified atom stereocenters. The van der Waals surface area contributed by atoms with Gasteiger partial charge in [0.25, 0.3) is 0 Å². The second-order valence-electron chi connectivity index (χ2n) is 6.62. The van der Waals surface area contributed by atoms with Gasteiger partial charge in [-0.2, -0.15) is 0 Å². The molecule has 1 saturated heterocycles. The van der Waals surface area contributed by atoms with Crippen molar-refractivity contribution in [2.75, 3.05) is 25.1 Å². The van der Waals surface area contributed by atoms with Crippen LogP contribution < -0.4 is 10.2 Å². The molecule has 1 aliphatic heterocycles. The third-order valence-electron chi connectivity index (χ3n) is 3.49. The van der Waals surface area contributed by atoms with Crippen LogP contribution in [-0.2, 0) is 11.3 Å². The Labute approximate surface area is 126 Å². The Hall–Kier alpha value is -0.650. The second kappa shape index (κ2) is 6.41. The van der Waals surface area contributed by atoms with Gasteiger partial charge in [0.1, 0.15) is 0 Å². The molecule has 2 heterocycles. The summed E-state index contributed by atoms with van der Waals surface area (Å²) in [5.41, 5.74) is 1.28. The normalized spacial score (nSPS) is 19.6. The maximum absolute atomic E-state index is 5.70. The van der Waals surface area contributed by atoms with Crippen LogP contribution in [0.1, 0.15) is 44.2 Å². The summed E-state index contributed by atoms with van der Waals surface area (Å²) in [6.07, 6.45) is 2.74. The molecule has 114 valence electrons. The summed E-state index contributed by atoms with van der Waals surface area (Å²) in [7, 11) is 2.11. The molecule has 2 rings (SSSR count). The van der Waals surface area contributed by atoms with Gasteiger partial charge in [0.2, 0.25) is 0 Å². The largest absolute Gasteiger partial charge is 0.376 e. The molecule has 0 spiro atoms. The fourth-order valence-electron chi connectivity index (χ4n) is 2.26. The van der Waals surface area contributed by atoms with E-state index in [-0.39, 0.29) is 5.54 Å². The molecule has 1 atom stereocenters. The highest BCUT2D eigenvalue weighted by molar-refractivity contribution is 7.15. The minimum Gasteiger partial charge on any atom is -0.376 e. The Morgan fingerprint density at radius 1 is 1.45 bits per heavy atom. The van der Waals surface area contributed by atoms with Crippen LogP contribution in [0.15, 0.2) is 0 Å². The van der Waals surface area contributed by atoms with Gasteiger partial charge in [0.15, 0.2) is 5.13 Å². The van der Waals surface area contributed by atoms with Gasteiger partial charge in [0, 0.05) is 37.2 Å². The fourth-order valence-corrected chi connectivity index (χ4v) is 3.23. The minimum atomic E-state index is 0.139. The van der Waals surface area contributed by atoms with Gasteiger partial charge in [-0.05, 0) is 40.5 Å². The van der Waals surface area contributed by atoms with Crippen molar-refractivity contribution in [1.82, 2.24) is 10.3 Å². The SMILES string of the molecule is Cc1nc(N(C)CC2CCCO2)sc1CNC(C)(C)C. The zero-order chi connectivity index (χ0) is 14.8. The van der Waals surface area contributed by atoms with Crippen LogP contribution in [0.4, 0.5) is 5.13 Å². The Morgan fingerprint density at radius 2 is 2.20 bits per heavy atom. The van der Waals surface area contributed by atoms with Crippen LogP contribution in [0.3, 0.4) is 0 Å². The van der Waals surface area contributed by atoms with Crippen molar-refractivity contribution < 1.29 is 4.74 Å². The van der Waals surface area contributed by atoms with Crippen molar-refractivity contribution in [2.24, 2.45) is 0 Å². The Balaban J connectivity index is 1.95. The Bertz CT molecular complexity index is 433. The van der Waals surface area contributed by atoms with E-state index in [0.29, 0.717) is 6.10 Å². The number of nitrogens with zero attached hydrogens (tertiary/aromatic N) is 2. The van der Waals surface area contributed by atoms with Crippen molar-refractivity contribution in [3.63, 3.8) is 0 Å². The van der Waals surface area contributed by atoms with E-state index in [2.05, 4.69) is 45.0 Å². The summed E-state index contributed by atoms with van der Waals surface area (Å²) in [5, 5.41) is 4.63. The van der Waals surface area contributed by atoms with Crippen molar-refractivity contribution in [3.05, 3.63) is 10.6 Å². The first-order chi connectivity index (χ1) is 9.35. The molecule has 1 aliphatic rings. The number of rotatable bonds is 5. The number of likely N-dealkylation sites (N-methyl/N-ethyl adjacent to an activating group) is 1. The molecule has 1 fully saturated rings. The molecule has 4 nitrogen and oxygen atoms in total. The lowest BCUT2D eigenvalue weighted by atomic mass is 10.1. The van der Waals surface area contributed by atoms with Crippen molar-refractivity contribution in [2.45, 2.75) is 58.7 Å².